The molecule has 0 radical (unpaired) electrons. The number of benzene rings is 2. The van der Waals surface area contributed by atoms with Crippen LogP contribution in [-0.2, 0) is 4.79 Å². The molecule has 24 heavy (non-hydrogen) atoms. The first-order valence-corrected chi connectivity index (χ1v) is 7.97. The Hall–Kier alpha value is -2.24. The fourth-order valence-corrected chi connectivity index (χ4v) is 2.26. The molecule has 1 N–H and O–H groups in total. The zero-order valence-corrected chi connectivity index (χ0v) is 14.5. The van der Waals surface area contributed by atoms with Crippen molar-refractivity contribution in [2.75, 3.05) is 13.2 Å². The Morgan fingerprint density at radius 3 is 2.54 bits per heavy atom. The Morgan fingerprint density at radius 1 is 1.17 bits per heavy atom. The van der Waals surface area contributed by atoms with Gasteiger partial charge in [0.25, 0.3) is 5.91 Å². The number of amides is 1. The van der Waals surface area contributed by atoms with Crippen molar-refractivity contribution in [2.24, 2.45) is 5.10 Å². The molecule has 0 aliphatic rings. The monoisotopic (exact) mass is 366 g/mol. The van der Waals surface area contributed by atoms with Crippen molar-refractivity contribution >= 4 is 35.3 Å². The van der Waals surface area contributed by atoms with Gasteiger partial charge in [0.05, 0.1) is 17.8 Å². The second kappa shape index (κ2) is 9.15. The third-order valence-corrected chi connectivity index (χ3v) is 3.43. The minimum Gasteiger partial charge on any atom is -0.490 e. The lowest BCUT2D eigenvalue weighted by Gasteiger charge is -2.10. The van der Waals surface area contributed by atoms with Gasteiger partial charge < -0.3 is 9.47 Å². The Bertz CT molecular complexity index is 736. The summed E-state index contributed by atoms with van der Waals surface area (Å²) in [6.07, 6.45) is 1.44. The summed E-state index contributed by atoms with van der Waals surface area (Å²) in [7, 11) is 0. The van der Waals surface area contributed by atoms with Crippen LogP contribution in [0.25, 0.3) is 0 Å². The fraction of sp³-hybridized carbons (Fsp3) is 0.176. The van der Waals surface area contributed by atoms with Gasteiger partial charge in [0.1, 0.15) is 0 Å². The molecule has 0 spiro atoms. The van der Waals surface area contributed by atoms with Gasteiger partial charge in [-0.2, -0.15) is 5.10 Å². The van der Waals surface area contributed by atoms with E-state index in [0.29, 0.717) is 33.7 Å². The highest BCUT2D eigenvalue weighted by Gasteiger charge is 2.06. The number of carbonyl (C=O) groups is 1. The van der Waals surface area contributed by atoms with E-state index in [9.17, 15) is 4.79 Å². The topological polar surface area (TPSA) is 59.9 Å². The second-order valence-electron chi connectivity index (χ2n) is 4.63. The van der Waals surface area contributed by atoms with Gasteiger partial charge in [-0.3, -0.25) is 4.79 Å². The lowest BCUT2D eigenvalue weighted by molar-refractivity contribution is -0.123. The third-order valence-electron chi connectivity index (χ3n) is 2.86. The Morgan fingerprint density at radius 2 is 1.88 bits per heavy atom. The predicted octanol–water partition coefficient (Wildman–Crippen LogP) is 3.92. The smallest absolute Gasteiger partial charge is 0.277 e. The Kier molecular flexibility index (Phi) is 6.90. The summed E-state index contributed by atoms with van der Waals surface area (Å²) in [5.74, 6) is 0.686. The molecule has 2 rings (SSSR count). The molecule has 0 heterocycles. The maximum absolute atomic E-state index is 11.8. The minimum atomic E-state index is -0.400. The number of nitrogens with zero attached hydrogens (tertiary/aromatic N) is 1. The van der Waals surface area contributed by atoms with Gasteiger partial charge in [0, 0.05) is 10.6 Å². The zero-order chi connectivity index (χ0) is 17.4. The summed E-state index contributed by atoms with van der Waals surface area (Å²) in [4.78, 5) is 11.8. The van der Waals surface area contributed by atoms with Crippen molar-refractivity contribution < 1.29 is 14.3 Å². The van der Waals surface area contributed by atoms with Crippen LogP contribution in [0.4, 0.5) is 0 Å². The van der Waals surface area contributed by atoms with Crippen LogP contribution >= 0.6 is 23.2 Å². The van der Waals surface area contributed by atoms with Crippen molar-refractivity contribution in [3.8, 4) is 11.5 Å². The van der Waals surface area contributed by atoms with Crippen LogP contribution in [0.3, 0.4) is 0 Å². The van der Waals surface area contributed by atoms with Gasteiger partial charge in [-0.15, -0.1) is 0 Å². The maximum atomic E-state index is 11.8. The molecule has 0 saturated heterocycles. The van der Waals surface area contributed by atoms with Gasteiger partial charge in [0.15, 0.2) is 18.1 Å². The fourth-order valence-electron chi connectivity index (χ4n) is 1.80. The number of ether oxygens (including phenoxy) is 2. The molecule has 7 heteroatoms. The molecular weight excluding hydrogens is 351 g/mol. The molecule has 5 nitrogen and oxygen atoms in total. The maximum Gasteiger partial charge on any atom is 0.277 e. The normalized spacial score (nSPS) is 10.6. The van der Waals surface area contributed by atoms with Crippen LogP contribution < -0.4 is 14.9 Å². The summed E-state index contributed by atoms with van der Waals surface area (Å²) < 4.78 is 10.9. The van der Waals surface area contributed by atoms with Crippen LogP contribution in [0.5, 0.6) is 11.5 Å². The first-order valence-electron chi connectivity index (χ1n) is 7.21. The van der Waals surface area contributed by atoms with Gasteiger partial charge in [0.2, 0.25) is 0 Å². The summed E-state index contributed by atoms with van der Waals surface area (Å²) in [6, 6.07) is 12.1. The molecule has 0 atom stereocenters. The number of hydrogen-bond donors (Lipinski definition) is 1. The number of nitrogens with one attached hydrogen (secondary N) is 1. The van der Waals surface area contributed by atoms with E-state index in [4.69, 9.17) is 32.7 Å². The molecule has 126 valence electrons. The van der Waals surface area contributed by atoms with E-state index in [1.807, 2.05) is 13.0 Å². The van der Waals surface area contributed by atoms with Crippen LogP contribution in [0, 0.1) is 0 Å². The number of rotatable bonds is 7. The van der Waals surface area contributed by atoms with Crippen LogP contribution in [0.15, 0.2) is 47.6 Å². The van der Waals surface area contributed by atoms with Crippen molar-refractivity contribution in [1.29, 1.82) is 0 Å². The van der Waals surface area contributed by atoms with Crippen molar-refractivity contribution in [1.82, 2.24) is 5.43 Å². The SMILES string of the molecule is CCOc1ccccc1OCC(=O)NN=Cc1ccc(Cl)cc1Cl. The molecule has 0 aliphatic heterocycles. The van der Waals surface area contributed by atoms with Crippen molar-refractivity contribution in [3.05, 3.63) is 58.1 Å². The van der Waals surface area contributed by atoms with Gasteiger partial charge in [-0.25, -0.2) is 5.43 Å². The number of hydrazone groups is 1. The minimum absolute atomic E-state index is 0.185. The predicted molar refractivity (Wildman–Crippen MR) is 95.3 cm³/mol. The first kappa shape index (κ1) is 18.1. The first-order chi connectivity index (χ1) is 11.6. The Balaban J connectivity index is 1.86. The van der Waals surface area contributed by atoms with Crippen molar-refractivity contribution in [2.45, 2.75) is 6.92 Å². The van der Waals surface area contributed by atoms with Crippen LogP contribution in [-0.4, -0.2) is 25.3 Å². The lowest BCUT2D eigenvalue weighted by atomic mass is 10.2. The highest BCUT2D eigenvalue weighted by atomic mass is 35.5. The molecule has 0 aromatic heterocycles. The summed E-state index contributed by atoms with van der Waals surface area (Å²) in [5.41, 5.74) is 3.01. The van der Waals surface area contributed by atoms with E-state index in [0.717, 1.165) is 0 Å². The molecule has 0 fully saturated rings. The van der Waals surface area contributed by atoms with Gasteiger partial charge in [-0.1, -0.05) is 41.4 Å². The van der Waals surface area contributed by atoms with Crippen molar-refractivity contribution in [3.63, 3.8) is 0 Å². The third kappa shape index (κ3) is 5.44. The van der Waals surface area contributed by atoms with Crippen LogP contribution in [0.1, 0.15) is 12.5 Å². The largest absolute Gasteiger partial charge is 0.490 e. The summed E-state index contributed by atoms with van der Waals surface area (Å²) in [6.45, 7) is 2.20. The average Bonchev–Trinajstić information content (AvgIpc) is 2.56. The zero-order valence-electron chi connectivity index (χ0n) is 13.0. The molecule has 2 aromatic rings. The quantitative estimate of drug-likeness (QED) is 0.596. The molecule has 0 unspecified atom stereocenters. The summed E-state index contributed by atoms with van der Waals surface area (Å²) in [5, 5.41) is 4.82. The van der Waals surface area contributed by atoms with Gasteiger partial charge >= 0.3 is 0 Å². The van der Waals surface area contributed by atoms with E-state index < -0.39 is 5.91 Å². The van der Waals surface area contributed by atoms with Gasteiger partial charge in [-0.05, 0) is 31.2 Å². The highest BCUT2D eigenvalue weighted by molar-refractivity contribution is 6.36. The summed E-state index contributed by atoms with van der Waals surface area (Å²) >= 11 is 11.8. The van der Waals surface area contributed by atoms with Crippen LogP contribution in [0.2, 0.25) is 10.0 Å². The van der Waals surface area contributed by atoms with E-state index in [2.05, 4.69) is 10.5 Å². The molecule has 0 saturated carbocycles. The van der Waals surface area contributed by atoms with E-state index in [1.54, 1.807) is 36.4 Å². The molecular formula is C17H16Cl2N2O3. The number of hydrogen-bond acceptors (Lipinski definition) is 4. The number of para-hydroxylation sites is 2. The molecule has 2 aromatic carbocycles. The number of halogens is 2. The standard InChI is InChI=1S/C17H16Cl2N2O3/c1-2-23-15-5-3-4-6-16(15)24-11-17(22)21-20-10-12-7-8-13(18)9-14(12)19/h3-10H,2,11H2,1H3,(H,21,22). The molecule has 1 amide bonds. The van der Waals surface area contributed by atoms with E-state index in [1.165, 1.54) is 6.21 Å². The molecule has 0 aliphatic carbocycles. The van der Waals surface area contributed by atoms with E-state index >= 15 is 0 Å². The average molecular weight is 367 g/mol. The second-order valence-corrected chi connectivity index (χ2v) is 5.47. The lowest BCUT2D eigenvalue weighted by Crippen LogP contribution is -2.24. The molecule has 0 bridgehead atoms. The number of carbonyl (C=O) groups excluding carboxylic acids is 1. The van der Waals surface area contributed by atoms with E-state index in [-0.39, 0.29) is 6.61 Å². The Labute approximate surface area is 150 Å². The highest BCUT2D eigenvalue weighted by Crippen LogP contribution is 2.26.